The first kappa shape index (κ1) is 14.4. The standard InChI is InChI=1S/C13H18FNO3/c1-3-9(6-7-16)15-13(17)11-5-4-10(18-2)8-12(11)14/h4-5,8-9,16H,3,6-7H2,1-2H3,(H,15,17). The van der Waals surface area contributed by atoms with E-state index in [1.54, 1.807) is 0 Å². The molecule has 1 unspecified atom stereocenters. The lowest BCUT2D eigenvalue weighted by atomic mass is 10.1. The maximum absolute atomic E-state index is 13.6. The highest BCUT2D eigenvalue weighted by Gasteiger charge is 2.15. The third-order valence-corrected chi connectivity index (χ3v) is 2.73. The molecule has 0 spiro atoms. The van der Waals surface area contributed by atoms with Crippen LogP contribution < -0.4 is 10.1 Å². The lowest BCUT2D eigenvalue weighted by Gasteiger charge is -2.16. The number of hydrogen-bond acceptors (Lipinski definition) is 3. The topological polar surface area (TPSA) is 58.6 Å². The van der Waals surface area contributed by atoms with Crippen molar-refractivity contribution in [3.05, 3.63) is 29.6 Å². The maximum atomic E-state index is 13.6. The van der Waals surface area contributed by atoms with Gasteiger partial charge in [0.2, 0.25) is 0 Å². The first-order valence-corrected chi connectivity index (χ1v) is 5.87. The minimum atomic E-state index is -0.620. The van der Waals surface area contributed by atoms with Crippen LogP contribution in [0.4, 0.5) is 4.39 Å². The van der Waals surface area contributed by atoms with Crippen LogP contribution in [0.2, 0.25) is 0 Å². The Morgan fingerprint density at radius 3 is 2.78 bits per heavy atom. The van der Waals surface area contributed by atoms with Gasteiger partial charge in [0.05, 0.1) is 12.7 Å². The van der Waals surface area contributed by atoms with Crippen molar-refractivity contribution in [2.45, 2.75) is 25.8 Å². The number of rotatable bonds is 6. The van der Waals surface area contributed by atoms with Gasteiger partial charge in [-0.25, -0.2) is 4.39 Å². The highest BCUT2D eigenvalue weighted by Crippen LogP contribution is 2.16. The minimum Gasteiger partial charge on any atom is -0.497 e. The smallest absolute Gasteiger partial charge is 0.254 e. The number of amides is 1. The SMILES string of the molecule is CCC(CCO)NC(=O)c1ccc(OC)cc1F. The van der Waals surface area contributed by atoms with Crippen molar-refractivity contribution in [2.75, 3.05) is 13.7 Å². The van der Waals surface area contributed by atoms with Crippen LogP contribution in [-0.2, 0) is 0 Å². The average Bonchev–Trinajstić information content (AvgIpc) is 2.37. The summed E-state index contributed by atoms with van der Waals surface area (Å²) < 4.78 is 18.5. The molecule has 5 heteroatoms. The van der Waals surface area contributed by atoms with Crippen LogP contribution in [0, 0.1) is 5.82 Å². The molecule has 1 amide bonds. The van der Waals surface area contributed by atoms with Gasteiger partial charge in [0.25, 0.3) is 5.91 Å². The van der Waals surface area contributed by atoms with Crippen molar-refractivity contribution in [1.82, 2.24) is 5.32 Å². The van der Waals surface area contributed by atoms with Crippen LogP contribution in [0.1, 0.15) is 30.1 Å². The van der Waals surface area contributed by atoms with E-state index in [2.05, 4.69) is 5.32 Å². The molecule has 0 heterocycles. The fourth-order valence-electron chi connectivity index (χ4n) is 1.60. The molecule has 1 rings (SSSR count). The number of benzene rings is 1. The number of halogens is 1. The summed E-state index contributed by atoms with van der Waals surface area (Å²) in [7, 11) is 1.43. The van der Waals surface area contributed by atoms with E-state index in [0.717, 1.165) is 0 Å². The van der Waals surface area contributed by atoms with Crippen LogP contribution in [-0.4, -0.2) is 30.8 Å². The fraction of sp³-hybridized carbons (Fsp3) is 0.462. The molecule has 100 valence electrons. The Kier molecular flexibility index (Phi) is 5.58. The first-order chi connectivity index (χ1) is 8.62. The van der Waals surface area contributed by atoms with Crippen molar-refractivity contribution in [3.63, 3.8) is 0 Å². The second-order valence-electron chi connectivity index (χ2n) is 3.94. The largest absolute Gasteiger partial charge is 0.497 e. The quantitative estimate of drug-likeness (QED) is 0.813. The van der Waals surface area contributed by atoms with Gasteiger partial charge in [-0.2, -0.15) is 0 Å². The summed E-state index contributed by atoms with van der Waals surface area (Å²) in [6.07, 6.45) is 1.14. The van der Waals surface area contributed by atoms with E-state index in [-0.39, 0.29) is 18.2 Å². The van der Waals surface area contributed by atoms with Crippen LogP contribution in [0.25, 0.3) is 0 Å². The molecular weight excluding hydrogens is 237 g/mol. The van der Waals surface area contributed by atoms with E-state index in [9.17, 15) is 9.18 Å². The van der Waals surface area contributed by atoms with Crippen LogP contribution in [0.3, 0.4) is 0 Å². The normalized spacial score (nSPS) is 12.0. The Morgan fingerprint density at radius 1 is 1.56 bits per heavy atom. The first-order valence-electron chi connectivity index (χ1n) is 5.87. The monoisotopic (exact) mass is 255 g/mol. The number of methoxy groups -OCH3 is 1. The molecule has 1 aromatic carbocycles. The van der Waals surface area contributed by atoms with E-state index < -0.39 is 11.7 Å². The molecule has 0 saturated heterocycles. The predicted octanol–water partition coefficient (Wildman–Crippen LogP) is 1.73. The fourth-order valence-corrected chi connectivity index (χ4v) is 1.60. The molecule has 0 aromatic heterocycles. The highest BCUT2D eigenvalue weighted by molar-refractivity contribution is 5.94. The molecule has 4 nitrogen and oxygen atoms in total. The van der Waals surface area contributed by atoms with Gasteiger partial charge in [0.1, 0.15) is 11.6 Å². The molecule has 1 aromatic rings. The van der Waals surface area contributed by atoms with Crippen molar-refractivity contribution >= 4 is 5.91 Å². The minimum absolute atomic E-state index is 0.0100. The molecule has 18 heavy (non-hydrogen) atoms. The number of ether oxygens (including phenoxy) is 1. The summed E-state index contributed by atoms with van der Waals surface area (Å²) in [5.41, 5.74) is -0.0211. The van der Waals surface area contributed by atoms with E-state index in [4.69, 9.17) is 9.84 Å². The molecule has 1 atom stereocenters. The van der Waals surface area contributed by atoms with Crippen molar-refractivity contribution in [1.29, 1.82) is 0 Å². The second kappa shape index (κ2) is 6.96. The Hall–Kier alpha value is -1.62. The van der Waals surface area contributed by atoms with Gasteiger partial charge in [-0.05, 0) is 25.0 Å². The van der Waals surface area contributed by atoms with Gasteiger partial charge in [-0.15, -0.1) is 0 Å². The average molecular weight is 255 g/mol. The lowest BCUT2D eigenvalue weighted by Crippen LogP contribution is -2.35. The van der Waals surface area contributed by atoms with E-state index in [1.165, 1.54) is 25.3 Å². The molecule has 0 fully saturated rings. The van der Waals surface area contributed by atoms with Crippen LogP contribution in [0.5, 0.6) is 5.75 Å². The van der Waals surface area contributed by atoms with Crippen molar-refractivity contribution in [2.24, 2.45) is 0 Å². The van der Waals surface area contributed by atoms with Gasteiger partial charge in [-0.3, -0.25) is 4.79 Å². The highest BCUT2D eigenvalue weighted by atomic mass is 19.1. The van der Waals surface area contributed by atoms with Gasteiger partial charge in [0, 0.05) is 18.7 Å². The number of nitrogens with one attached hydrogen (secondary N) is 1. The van der Waals surface area contributed by atoms with Gasteiger partial charge in [-0.1, -0.05) is 6.92 Å². The number of aliphatic hydroxyl groups is 1. The molecule has 0 aliphatic rings. The summed E-state index contributed by atoms with van der Waals surface area (Å²) in [4.78, 5) is 11.8. The summed E-state index contributed by atoms with van der Waals surface area (Å²) in [6, 6.07) is 3.94. The summed E-state index contributed by atoms with van der Waals surface area (Å²) >= 11 is 0. The van der Waals surface area contributed by atoms with E-state index in [0.29, 0.717) is 18.6 Å². The Bertz CT molecular complexity index is 409. The third-order valence-electron chi connectivity index (χ3n) is 2.73. The molecule has 0 aliphatic carbocycles. The zero-order chi connectivity index (χ0) is 13.5. The Morgan fingerprint density at radius 2 is 2.28 bits per heavy atom. The van der Waals surface area contributed by atoms with Crippen LogP contribution in [0.15, 0.2) is 18.2 Å². The van der Waals surface area contributed by atoms with Crippen molar-refractivity contribution < 1.29 is 19.0 Å². The summed E-state index contributed by atoms with van der Waals surface area (Å²) in [5.74, 6) is -0.729. The molecule has 0 aliphatic heterocycles. The molecule has 0 bridgehead atoms. The molecule has 0 radical (unpaired) electrons. The summed E-state index contributed by atoms with van der Waals surface area (Å²) in [5, 5.41) is 11.5. The van der Waals surface area contributed by atoms with Crippen LogP contribution >= 0.6 is 0 Å². The van der Waals surface area contributed by atoms with Crippen molar-refractivity contribution in [3.8, 4) is 5.75 Å². The van der Waals surface area contributed by atoms with Gasteiger partial charge in [0.15, 0.2) is 0 Å². The number of carbonyl (C=O) groups excluding carboxylic acids is 1. The Labute approximate surface area is 106 Å². The number of hydrogen-bond donors (Lipinski definition) is 2. The van der Waals surface area contributed by atoms with E-state index in [1.807, 2.05) is 6.92 Å². The Balaban J connectivity index is 2.77. The molecule has 2 N–H and O–H groups in total. The summed E-state index contributed by atoms with van der Waals surface area (Å²) in [6.45, 7) is 1.88. The predicted molar refractivity (Wildman–Crippen MR) is 66.2 cm³/mol. The zero-order valence-electron chi connectivity index (χ0n) is 10.6. The number of aliphatic hydroxyl groups excluding tert-OH is 1. The van der Waals surface area contributed by atoms with E-state index >= 15 is 0 Å². The molecular formula is C13H18FNO3. The van der Waals surface area contributed by atoms with Gasteiger partial charge >= 0.3 is 0 Å². The molecule has 0 saturated carbocycles. The lowest BCUT2D eigenvalue weighted by molar-refractivity contribution is 0.0925. The third kappa shape index (κ3) is 3.70. The number of carbonyl (C=O) groups is 1. The maximum Gasteiger partial charge on any atom is 0.254 e. The van der Waals surface area contributed by atoms with Gasteiger partial charge < -0.3 is 15.2 Å². The zero-order valence-corrected chi connectivity index (χ0v) is 10.6. The second-order valence-corrected chi connectivity index (χ2v) is 3.94.